The molecule has 0 unspecified atom stereocenters. The van der Waals surface area contributed by atoms with Crippen LogP contribution in [0.2, 0.25) is 0 Å². The molecule has 0 spiro atoms. The van der Waals surface area contributed by atoms with E-state index in [0.29, 0.717) is 6.54 Å². The summed E-state index contributed by atoms with van der Waals surface area (Å²) < 4.78 is 26.2. The number of rotatable bonds is 6. The van der Waals surface area contributed by atoms with E-state index < -0.39 is 9.84 Å². The van der Waals surface area contributed by atoms with Crippen molar-refractivity contribution in [3.8, 4) is 0 Å². The Hall–Kier alpha value is -0.290. The minimum absolute atomic E-state index is 0. The molecule has 1 aromatic heterocycles. The number of sulfone groups is 1. The van der Waals surface area contributed by atoms with Gasteiger partial charge in [0.05, 0.1) is 12.3 Å². The topological polar surface area (TPSA) is 66.7 Å². The maximum atomic E-state index is 11.5. The highest BCUT2D eigenvalue weighted by atomic mass is 127. The zero-order valence-corrected chi connectivity index (χ0v) is 19.3. The zero-order valence-electron chi connectivity index (χ0n) is 14.5. The van der Waals surface area contributed by atoms with E-state index in [1.54, 1.807) is 7.05 Å². The van der Waals surface area contributed by atoms with Gasteiger partial charge in [0.1, 0.15) is 9.84 Å². The SMILES string of the molecule is CN=C(NCC1(CS(C)(=O)=O)CC1)N(C)Cc1cc(Br)cn1C.I. The third-order valence-electron chi connectivity index (χ3n) is 4.19. The van der Waals surface area contributed by atoms with Crippen molar-refractivity contribution in [3.63, 3.8) is 0 Å². The summed E-state index contributed by atoms with van der Waals surface area (Å²) >= 11 is 3.48. The van der Waals surface area contributed by atoms with E-state index in [0.717, 1.165) is 29.8 Å². The first-order chi connectivity index (χ1) is 10.6. The van der Waals surface area contributed by atoms with Gasteiger partial charge in [0, 0.05) is 55.7 Å². The fraction of sp³-hybridized carbons (Fsp3) is 0.667. The molecule has 9 heteroatoms. The van der Waals surface area contributed by atoms with Crippen molar-refractivity contribution in [1.82, 2.24) is 14.8 Å². The summed E-state index contributed by atoms with van der Waals surface area (Å²) in [6.07, 6.45) is 5.24. The highest BCUT2D eigenvalue weighted by Crippen LogP contribution is 2.46. The molecule has 6 nitrogen and oxygen atoms in total. The molecule has 0 radical (unpaired) electrons. The van der Waals surface area contributed by atoms with Gasteiger partial charge in [-0.05, 0) is 34.8 Å². The average Bonchev–Trinajstić information content (AvgIpc) is 3.08. The Bertz CT molecular complexity index is 698. The lowest BCUT2D eigenvalue weighted by Gasteiger charge is -2.24. The van der Waals surface area contributed by atoms with E-state index >= 15 is 0 Å². The summed E-state index contributed by atoms with van der Waals surface area (Å²) in [5.74, 6) is 1.03. The van der Waals surface area contributed by atoms with E-state index in [-0.39, 0.29) is 35.1 Å². The Morgan fingerprint density at radius 1 is 1.50 bits per heavy atom. The largest absolute Gasteiger partial charge is 0.356 e. The van der Waals surface area contributed by atoms with Crippen LogP contribution < -0.4 is 5.32 Å². The Morgan fingerprint density at radius 3 is 2.54 bits per heavy atom. The molecule has 24 heavy (non-hydrogen) atoms. The van der Waals surface area contributed by atoms with Crippen LogP contribution in [0.1, 0.15) is 18.5 Å². The number of aromatic nitrogens is 1. The highest BCUT2D eigenvalue weighted by Gasteiger charge is 2.45. The summed E-state index contributed by atoms with van der Waals surface area (Å²) in [7, 11) is 2.79. The van der Waals surface area contributed by atoms with E-state index in [4.69, 9.17) is 0 Å². The van der Waals surface area contributed by atoms with Gasteiger partial charge in [-0.2, -0.15) is 0 Å². The van der Waals surface area contributed by atoms with Crippen LogP contribution in [0.5, 0.6) is 0 Å². The lowest BCUT2D eigenvalue weighted by molar-refractivity contribution is 0.446. The number of hydrogen-bond acceptors (Lipinski definition) is 3. The number of aryl methyl sites for hydroxylation is 1. The molecule has 1 aliphatic carbocycles. The summed E-state index contributed by atoms with van der Waals surface area (Å²) in [6, 6.07) is 2.08. The number of guanidine groups is 1. The summed E-state index contributed by atoms with van der Waals surface area (Å²) in [4.78, 5) is 6.35. The molecule has 0 atom stereocenters. The smallest absolute Gasteiger partial charge is 0.193 e. The van der Waals surface area contributed by atoms with Crippen molar-refractivity contribution in [2.45, 2.75) is 19.4 Å². The van der Waals surface area contributed by atoms with Gasteiger partial charge in [-0.15, -0.1) is 24.0 Å². The van der Waals surface area contributed by atoms with Crippen molar-refractivity contribution in [3.05, 3.63) is 22.4 Å². The number of nitrogens with one attached hydrogen (secondary N) is 1. The van der Waals surface area contributed by atoms with E-state index in [2.05, 4.69) is 36.9 Å². The van der Waals surface area contributed by atoms with Gasteiger partial charge < -0.3 is 14.8 Å². The molecule has 1 N–H and O–H groups in total. The van der Waals surface area contributed by atoms with Crippen LogP contribution in [0.4, 0.5) is 0 Å². The van der Waals surface area contributed by atoms with Gasteiger partial charge in [-0.25, -0.2) is 8.42 Å². The second kappa shape index (κ2) is 8.39. The standard InChI is InChI=1S/C15H25BrN4O2S.HI/c1-17-14(18-10-15(5-6-15)11-23(4,21)22)20(3)9-13-7-12(16)8-19(13)2;/h7-8H,5-6,9-11H2,1-4H3,(H,17,18);1H. The Labute approximate surface area is 170 Å². The van der Waals surface area contributed by atoms with Gasteiger partial charge in [0.25, 0.3) is 0 Å². The Balaban J connectivity index is 0.00000288. The van der Waals surface area contributed by atoms with Crippen molar-refractivity contribution < 1.29 is 8.42 Å². The highest BCUT2D eigenvalue weighted by molar-refractivity contribution is 14.0. The van der Waals surface area contributed by atoms with Crippen LogP contribution in [0.25, 0.3) is 0 Å². The third-order valence-corrected chi connectivity index (χ3v) is 5.76. The lowest BCUT2D eigenvalue weighted by atomic mass is 10.1. The number of halogens is 2. The maximum absolute atomic E-state index is 11.5. The van der Waals surface area contributed by atoms with Gasteiger partial charge >= 0.3 is 0 Å². The predicted octanol–water partition coefficient (Wildman–Crippen LogP) is 2.24. The lowest BCUT2D eigenvalue weighted by Crippen LogP contribution is -2.42. The second-order valence-electron chi connectivity index (χ2n) is 6.59. The summed E-state index contributed by atoms with van der Waals surface area (Å²) in [5.41, 5.74) is 1.05. The fourth-order valence-electron chi connectivity index (χ4n) is 2.80. The van der Waals surface area contributed by atoms with Crippen molar-refractivity contribution in [2.75, 3.05) is 32.6 Å². The molecule has 138 valence electrons. The van der Waals surface area contributed by atoms with E-state index in [9.17, 15) is 8.42 Å². The van der Waals surface area contributed by atoms with Gasteiger partial charge in [0.2, 0.25) is 0 Å². The number of hydrogen-bond donors (Lipinski definition) is 1. The van der Waals surface area contributed by atoms with Crippen molar-refractivity contribution in [1.29, 1.82) is 0 Å². The molecule has 1 saturated carbocycles. The summed E-state index contributed by atoms with van der Waals surface area (Å²) in [6.45, 7) is 1.37. The molecule has 0 aromatic carbocycles. The third kappa shape index (κ3) is 6.21. The molecule has 0 aliphatic heterocycles. The van der Waals surface area contributed by atoms with Gasteiger partial charge in [-0.1, -0.05) is 0 Å². The first-order valence-corrected chi connectivity index (χ1v) is 10.4. The van der Waals surface area contributed by atoms with Crippen molar-refractivity contribution in [2.24, 2.45) is 17.5 Å². The molecule has 2 rings (SSSR count). The average molecular weight is 533 g/mol. The molecule has 0 saturated heterocycles. The van der Waals surface area contributed by atoms with Crippen LogP contribution in [-0.2, 0) is 23.4 Å². The normalized spacial score (nSPS) is 16.5. The summed E-state index contributed by atoms with van der Waals surface area (Å²) in [5, 5.41) is 3.33. The minimum Gasteiger partial charge on any atom is -0.356 e. The van der Waals surface area contributed by atoms with Crippen LogP contribution in [0.3, 0.4) is 0 Å². The van der Waals surface area contributed by atoms with E-state index in [1.165, 1.54) is 11.9 Å². The Morgan fingerprint density at radius 2 is 2.12 bits per heavy atom. The Kier molecular flexibility index (Phi) is 7.61. The second-order valence-corrected chi connectivity index (χ2v) is 9.64. The quantitative estimate of drug-likeness (QED) is 0.346. The molecule has 0 amide bonds. The number of nitrogens with zero attached hydrogens (tertiary/aromatic N) is 3. The predicted molar refractivity (Wildman–Crippen MR) is 113 cm³/mol. The maximum Gasteiger partial charge on any atom is 0.193 e. The molecular weight excluding hydrogens is 507 g/mol. The monoisotopic (exact) mass is 532 g/mol. The molecule has 1 aliphatic rings. The van der Waals surface area contributed by atoms with Gasteiger partial charge in [-0.3, -0.25) is 4.99 Å². The molecule has 0 bridgehead atoms. The van der Waals surface area contributed by atoms with Crippen LogP contribution in [-0.4, -0.2) is 56.5 Å². The van der Waals surface area contributed by atoms with Crippen LogP contribution >= 0.6 is 39.9 Å². The zero-order chi connectivity index (χ0) is 17.3. The van der Waals surface area contributed by atoms with Gasteiger partial charge in [0.15, 0.2) is 5.96 Å². The molecular formula is C15H26BrIN4O2S. The minimum atomic E-state index is -2.95. The molecule has 1 aromatic rings. The first-order valence-electron chi connectivity index (χ1n) is 7.54. The van der Waals surface area contributed by atoms with Crippen LogP contribution in [0.15, 0.2) is 21.7 Å². The van der Waals surface area contributed by atoms with Crippen LogP contribution in [0, 0.1) is 5.41 Å². The van der Waals surface area contributed by atoms with E-state index in [1.807, 2.05) is 25.2 Å². The first kappa shape index (κ1) is 21.8. The number of aliphatic imine (C=N–C) groups is 1. The molecule has 1 fully saturated rings. The van der Waals surface area contributed by atoms with Crippen molar-refractivity contribution >= 4 is 55.7 Å². The molecule has 1 heterocycles. The fourth-order valence-corrected chi connectivity index (χ4v) is 4.87.